The molecule has 3 rings (SSSR count). The highest BCUT2D eigenvalue weighted by Gasteiger charge is 2.30. The van der Waals surface area contributed by atoms with Gasteiger partial charge in [0.05, 0.1) is 22.9 Å². The number of sulfone groups is 1. The average molecular weight is 391 g/mol. The Hall–Kier alpha value is -2.48. The van der Waals surface area contributed by atoms with Crippen molar-refractivity contribution in [3.63, 3.8) is 0 Å². The van der Waals surface area contributed by atoms with E-state index in [0.29, 0.717) is 25.2 Å². The number of halogens is 1. The highest BCUT2D eigenvalue weighted by atomic mass is 32.2. The van der Waals surface area contributed by atoms with Crippen LogP contribution >= 0.6 is 0 Å². The fraction of sp³-hybridized carbons (Fsp3) is 0.368. The molecular weight excluding hydrogens is 369 g/mol. The molecular formula is C19H22FN3O3S. The topological polar surface area (TPSA) is 72.3 Å². The Morgan fingerprint density at radius 1 is 1.48 bits per heavy atom. The quantitative estimate of drug-likeness (QED) is 0.708. The summed E-state index contributed by atoms with van der Waals surface area (Å²) in [7, 11) is -3.01. The van der Waals surface area contributed by atoms with Crippen LogP contribution in [0.3, 0.4) is 0 Å². The van der Waals surface area contributed by atoms with E-state index in [1.165, 1.54) is 18.2 Å². The number of aryl methyl sites for hydroxylation is 1. The van der Waals surface area contributed by atoms with Crippen LogP contribution in [0.25, 0.3) is 5.69 Å². The highest BCUT2D eigenvalue weighted by molar-refractivity contribution is 7.91. The van der Waals surface area contributed by atoms with Crippen molar-refractivity contribution in [3.05, 3.63) is 60.2 Å². The van der Waals surface area contributed by atoms with E-state index in [1.807, 2.05) is 6.92 Å². The largest absolute Gasteiger partial charge is 0.334 e. The normalized spacial score (nSPS) is 18.4. The Morgan fingerprint density at radius 2 is 2.26 bits per heavy atom. The Labute approximate surface area is 158 Å². The van der Waals surface area contributed by atoms with E-state index in [1.54, 1.807) is 27.9 Å². The van der Waals surface area contributed by atoms with Crippen LogP contribution in [0.4, 0.5) is 4.39 Å². The predicted octanol–water partition coefficient (Wildman–Crippen LogP) is 2.27. The molecule has 2 aromatic rings. The summed E-state index contributed by atoms with van der Waals surface area (Å²) in [4.78, 5) is 13.9. The zero-order valence-corrected chi connectivity index (χ0v) is 16.0. The Kier molecular flexibility index (Phi) is 5.46. The minimum Gasteiger partial charge on any atom is -0.334 e. The molecule has 1 unspecified atom stereocenters. The standard InChI is InChI=1S/C19H22FN3O3S/c1-3-19(24)22(10-15-7-8-27(25,26)13-15)11-16-12-23(21-14(16)2)18-6-4-5-17(20)9-18/h3-6,9,12,15H,1,7-8,10-11,13H2,2H3. The minimum absolute atomic E-state index is 0.0718. The zero-order chi connectivity index (χ0) is 19.6. The summed E-state index contributed by atoms with van der Waals surface area (Å²) in [5, 5.41) is 4.41. The maximum absolute atomic E-state index is 13.5. The first-order valence-electron chi connectivity index (χ1n) is 8.70. The van der Waals surface area contributed by atoms with Gasteiger partial charge < -0.3 is 4.90 Å². The van der Waals surface area contributed by atoms with E-state index >= 15 is 0 Å². The van der Waals surface area contributed by atoms with Gasteiger partial charge in [-0.3, -0.25) is 4.79 Å². The zero-order valence-electron chi connectivity index (χ0n) is 15.1. The average Bonchev–Trinajstić information content (AvgIpc) is 3.15. The molecule has 1 atom stereocenters. The molecule has 2 heterocycles. The lowest BCUT2D eigenvalue weighted by Gasteiger charge is -2.24. The van der Waals surface area contributed by atoms with E-state index in [9.17, 15) is 17.6 Å². The van der Waals surface area contributed by atoms with Crippen LogP contribution in [0.5, 0.6) is 0 Å². The monoisotopic (exact) mass is 391 g/mol. The number of carbonyl (C=O) groups is 1. The first-order chi connectivity index (χ1) is 12.8. The molecule has 0 saturated carbocycles. The molecule has 1 fully saturated rings. The summed E-state index contributed by atoms with van der Waals surface area (Å²) >= 11 is 0. The lowest BCUT2D eigenvalue weighted by molar-refractivity contribution is -0.127. The molecule has 1 amide bonds. The van der Waals surface area contributed by atoms with E-state index in [2.05, 4.69) is 11.7 Å². The Morgan fingerprint density at radius 3 is 2.89 bits per heavy atom. The van der Waals surface area contributed by atoms with Gasteiger partial charge in [0, 0.05) is 24.8 Å². The van der Waals surface area contributed by atoms with Crippen molar-refractivity contribution in [2.45, 2.75) is 19.9 Å². The third-order valence-electron chi connectivity index (χ3n) is 4.73. The number of amides is 1. The van der Waals surface area contributed by atoms with Crippen molar-refractivity contribution < 1.29 is 17.6 Å². The van der Waals surface area contributed by atoms with Gasteiger partial charge in [0.2, 0.25) is 5.91 Å². The van der Waals surface area contributed by atoms with Crippen molar-refractivity contribution in [3.8, 4) is 5.69 Å². The van der Waals surface area contributed by atoms with Crippen LogP contribution in [0.15, 0.2) is 43.1 Å². The van der Waals surface area contributed by atoms with Gasteiger partial charge >= 0.3 is 0 Å². The van der Waals surface area contributed by atoms with Crippen molar-refractivity contribution in [2.24, 2.45) is 5.92 Å². The summed E-state index contributed by atoms with van der Waals surface area (Å²) in [6, 6.07) is 6.10. The van der Waals surface area contributed by atoms with E-state index in [0.717, 1.165) is 11.3 Å². The fourth-order valence-corrected chi connectivity index (χ4v) is 5.15. The van der Waals surface area contributed by atoms with Crippen molar-refractivity contribution >= 4 is 15.7 Å². The maximum atomic E-state index is 13.5. The number of carbonyl (C=O) groups excluding carboxylic acids is 1. The number of nitrogens with zero attached hydrogens (tertiary/aromatic N) is 3. The Balaban J connectivity index is 1.80. The molecule has 1 aromatic heterocycles. The van der Waals surface area contributed by atoms with E-state index < -0.39 is 9.84 Å². The molecule has 1 saturated heterocycles. The Bertz CT molecular complexity index is 968. The highest BCUT2D eigenvalue weighted by Crippen LogP contribution is 2.22. The number of aromatic nitrogens is 2. The van der Waals surface area contributed by atoms with E-state index in [4.69, 9.17) is 0 Å². The van der Waals surface area contributed by atoms with Gasteiger partial charge in [-0.25, -0.2) is 17.5 Å². The van der Waals surface area contributed by atoms with Crippen molar-refractivity contribution in [2.75, 3.05) is 18.1 Å². The number of rotatable bonds is 6. The summed E-state index contributed by atoms with van der Waals surface area (Å²) in [5.41, 5.74) is 2.13. The van der Waals surface area contributed by atoms with Crippen LogP contribution in [0.2, 0.25) is 0 Å². The molecule has 1 aliphatic rings. The predicted molar refractivity (Wildman–Crippen MR) is 101 cm³/mol. The van der Waals surface area contributed by atoms with Crippen LogP contribution in [0, 0.1) is 18.7 Å². The molecule has 0 aliphatic carbocycles. The van der Waals surface area contributed by atoms with Crippen molar-refractivity contribution in [1.29, 1.82) is 0 Å². The molecule has 0 radical (unpaired) electrons. The first kappa shape index (κ1) is 19.3. The van der Waals surface area contributed by atoms with Gasteiger partial charge in [0.15, 0.2) is 9.84 Å². The van der Waals surface area contributed by atoms with Crippen LogP contribution in [-0.2, 0) is 21.2 Å². The third kappa shape index (κ3) is 4.63. The lowest BCUT2D eigenvalue weighted by atomic mass is 10.1. The van der Waals surface area contributed by atoms with Gasteiger partial charge in [0.25, 0.3) is 0 Å². The summed E-state index contributed by atoms with van der Waals surface area (Å²) in [6.07, 6.45) is 3.55. The summed E-state index contributed by atoms with van der Waals surface area (Å²) in [6.45, 7) is 6.01. The first-order valence-corrected chi connectivity index (χ1v) is 10.5. The van der Waals surface area contributed by atoms with Crippen LogP contribution in [0.1, 0.15) is 17.7 Å². The molecule has 1 aromatic carbocycles. The SMILES string of the molecule is C=CC(=O)N(Cc1cn(-c2cccc(F)c2)nc1C)CC1CCS(=O)(=O)C1. The molecule has 8 heteroatoms. The van der Waals surface area contributed by atoms with Crippen molar-refractivity contribution in [1.82, 2.24) is 14.7 Å². The molecule has 6 nitrogen and oxygen atoms in total. The van der Waals surface area contributed by atoms with Crippen LogP contribution in [-0.4, -0.2) is 47.1 Å². The molecule has 0 N–H and O–H groups in total. The maximum Gasteiger partial charge on any atom is 0.246 e. The second kappa shape index (κ2) is 7.64. The smallest absolute Gasteiger partial charge is 0.246 e. The van der Waals surface area contributed by atoms with Gasteiger partial charge in [-0.05, 0) is 43.5 Å². The minimum atomic E-state index is -3.01. The number of benzene rings is 1. The lowest BCUT2D eigenvalue weighted by Crippen LogP contribution is -2.34. The summed E-state index contributed by atoms with van der Waals surface area (Å²) in [5.74, 6) is -0.400. The van der Waals surface area contributed by atoms with Crippen LogP contribution < -0.4 is 0 Å². The second-order valence-electron chi connectivity index (χ2n) is 6.86. The molecule has 27 heavy (non-hydrogen) atoms. The van der Waals surface area contributed by atoms with E-state index in [-0.39, 0.29) is 29.1 Å². The number of hydrogen-bond acceptors (Lipinski definition) is 4. The molecule has 144 valence electrons. The second-order valence-corrected chi connectivity index (χ2v) is 9.08. The van der Waals surface area contributed by atoms with Gasteiger partial charge in [-0.2, -0.15) is 5.10 Å². The van der Waals surface area contributed by atoms with Gasteiger partial charge in [0.1, 0.15) is 5.82 Å². The molecule has 1 aliphatic heterocycles. The third-order valence-corrected chi connectivity index (χ3v) is 6.56. The van der Waals surface area contributed by atoms with Gasteiger partial charge in [-0.15, -0.1) is 0 Å². The molecule has 0 spiro atoms. The number of hydrogen-bond donors (Lipinski definition) is 0. The van der Waals surface area contributed by atoms with Gasteiger partial charge in [-0.1, -0.05) is 12.6 Å². The summed E-state index contributed by atoms with van der Waals surface area (Å²) < 4.78 is 38.4. The fourth-order valence-electron chi connectivity index (χ4n) is 3.30. The molecule has 0 bridgehead atoms.